The number of carboxylic acid groups (broad SMARTS) is 1. The average molecular weight is 748 g/mol. The van der Waals surface area contributed by atoms with E-state index in [4.69, 9.17) is 5.73 Å². The minimum absolute atomic E-state index is 0.0206. The molecule has 0 radical (unpaired) electrons. The number of aromatic amines is 1. The van der Waals surface area contributed by atoms with Crippen LogP contribution in [-0.2, 0) is 97.4 Å². The Kier molecular flexibility index (Phi) is 18.9. The number of carbonyl (C=O) groups excluding carboxylic acids is 2. The third-order valence-electron chi connectivity index (χ3n) is 5.77. The van der Waals surface area contributed by atoms with E-state index >= 15 is 0 Å². The number of H-pyrrole nitrogens is 1. The van der Waals surface area contributed by atoms with Gasteiger partial charge in [-0.2, -0.15) is 4.98 Å². The van der Waals surface area contributed by atoms with Gasteiger partial charge in [-0.25, -0.2) is 19.7 Å². The summed E-state index contributed by atoms with van der Waals surface area (Å²) in [5.41, 5.74) is 6.78. The second kappa shape index (κ2) is 23.9. The molecule has 27 heteroatoms. The first kappa shape index (κ1) is 41.1. The number of carboxylic acids is 1. The van der Waals surface area contributed by atoms with Crippen molar-refractivity contribution in [1.82, 2.24) is 30.6 Å². The molecule has 2 aromatic heterocycles. The van der Waals surface area contributed by atoms with Crippen molar-refractivity contribution in [3.63, 3.8) is 0 Å². The summed E-state index contributed by atoms with van der Waals surface area (Å²) in [5.74, 6) is -2.72. The number of carbonyl (C=O) groups is 3. The van der Waals surface area contributed by atoms with Gasteiger partial charge in [0.15, 0.2) is 11.2 Å². The van der Waals surface area contributed by atoms with E-state index in [2.05, 4.69) is 106 Å². The van der Waals surface area contributed by atoms with Gasteiger partial charge in [0.1, 0.15) is 18.9 Å². The lowest BCUT2D eigenvalue weighted by Crippen LogP contribution is -2.41. The first-order chi connectivity index (χ1) is 25.3. The van der Waals surface area contributed by atoms with Crippen LogP contribution >= 0.6 is 0 Å². The maximum atomic E-state index is 12.7. The Bertz CT molecular complexity index is 1630. The lowest BCUT2D eigenvalue weighted by Gasteiger charge is -2.14. The topological polar surface area (TPSA) is 332 Å². The smallest absolute Gasteiger partial charge is 0.326 e. The predicted molar refractivity (Wildman–Crippen MR) is 154 cm³/mol. The number of nitrogen functional groups attached to an aromatic ring is 1. The Morgan fingerprint density at radius 1 is 0.904 bits per heavy atom. The number of anilines is 1. The van der Waals surface area contributed by atoms with Crippen LogP contribution in [0.4, 0.5) is 5.95 Å². The standard InChI is InChI=1S/C25H29N7O20/c1-38-12-13-40-42-44-46-48-50-52-51-49-47-45-43-41-39-11-10-27-19(33)9-8-18(24(36)37)30-22(34)16-5-2-15(3-6-16)4-7-17-14-28-21-20(29-17)23(35)32-25(26)31-21/h2-3,5-6,10-11,14,18H,4,7-9,12-13H2,1H3,(H,27,33)(H,30,34)(H,36,37)(H3,26,28,31,32,35)/b11-10-/t18-/m0/s1. The fraction of sp³-hybridized carbons (Fsp3) is 0.320. The number of aryl methyl sites for hydroxylation is 2. The summed E-state index contributed by atoms with van der Waals surface area (Å²) >= 11 is 0. The van der Waals surface area contributed by atoms with Crippen LogP contribution in [0.5, 0.6) is 0 Å². The summed E-state index contributed by atoms with van der Waals surface area (Å²) in [6.45, 7) is 0.236. The number of rotatable bonds is 27. The molecule has 0 aliphatic rings. The number of aliphatic carboxylic acids is 1. The molecule has 2 heterocycles. The SMILES string of the molecule is COCCOOOOOOOOOOOOOO/C=C\NC(=O)CC[C@H](NC(=O)c1ccc(CCc2cnc3nc(N)[nH]c(=O)c3n2)cc1)C(=O)O. The van der Waals surface area contributed by atoms with Gasteiger partial charge in [0.25, 0.3) is 11.5 Å². The number of fused-ring (bicyclic) bond motifs is 1. The lowest BCUT2D eigenvalue weighted by molar-refractivity contribution is -0.874. The number of hydrogen-bond donors (Lipinski definition) is 5. The van der Waals surface area contributed by atoms with Crippen LogP contribution in [0.25, 0.3) is 11.2 Å². The number of nitrogens with zero attached hydrogens (tertiary/aromatic N) is 3. The van der Waals surface area contributed by atoms with Crippen LogP contribution in [0, 0.1) is 0 Å². The molecule has 0 aliphatic carbocycles. The molecule has 1 atom stereocenters. The molecule has 3 aromatic rings. The van der Waals surface area contributed by atoms with E-state index in [1.54, 1.807) is 12.1 Å². The number of methoxy groups -OCH3 is 1. The molecule has 0 aliphatic heterocycles. The molecule has 6 N–H and O–H groups in total. The zero-order chi connectivity index (χ0) is 37.4. The minimum Gasteiger partial charge on any atom is -0.480 e. The average Bonchev–Trinajstić information content (AvgIpc) is 3.13. The normalized spacial score (nSPS) is 11.9. The van der Waals surface area contributed by atoms with Crippen molar-refractivity contribution >= 4 is 34.9 Å². The summed E-state index contributed by atoms with van der Waals surface area (Å²) in [6, 6.07) is 5.02. The van der Waals surface area contributed by atoms with Gasteiger partial charge in [0.2, 0.25) is 11.9 Å². The van der Waals surface area contributed by atoms with Crippen molar-refractivity contribution in [2.75, 3.05) is 26.1 Å². The van der Waals surface area contributed by atoms with Crippen molar-refractivity contribution in [3.8, 4) is 0 Å². The summed E-state index contributed by atoms with van der Waals surface area (Å²) in [6.07, 6.45) is 3.60. The maximum absolute atomic E-state index is 12.7. The molecular weight excluding hydrogens is 718 g/mol. The molecule has 0 spiro atoms. The molecule has 0 saturated heterocycles. The van der Waals surface area contributed by atoms with Gasteiger partial charge in [-0.1, -0.05) is 12.1 Å². The minimum atomic E-state index is -1.38. The second-order valence-corrected chi connectivity index (χ2v) is 9.18. The monoisotopic (exact) mass is 747 g/mol. The molecule has 0 bridgehead atoms. The highest BCUT2D eigenvalue weighted by atomic mass is 18.0. The fourth-order valence-corrected chi connectivity index (χ4v) is 3.51. The molecule has 284 valence electrons. The largest absolute Gasteiger partial charge is 0.480 e. The number of benzene rings is 1. The van der Waals surface area contributed by atoms with Crippen molar-refractivity contribution in [2.45, 2.75) is 31.7 Å². The molecule has 2 amide bonds. The molecule has 3 rings (SSSR count). The van der Waals surface area contributed by atoms with E-state index in [1.807, 2.05) is 0 Å². The van der Waals surface area contributed by atoms with Crippen molar-refractivity contribution < 1.29 is 94.5 Å². The number of amides is 2. The Balaban J connectivity index is 1.23. The first-order valence-electron chi connectivity index (χ1n) is 14.1. The van der Waals surface area contributed by atoms with Gasteiger partial charge in [-0.15, -0.1) is 0 Å². The van der Waals surface area contributed by atoms with E-state index in [0.717, 1.165) is 18.0 Å². The molecule has 1 aromatic carbocycles. The van der Waals surface area contributed by atoms with E-state index < -0.39 is 29.4 Å². The highest BCUT2D eigenvalue weighted by molar-refractivity contribution is 5.96. The molecule has 27 nitrogen and oxygen atoms in total. The fourth-order valence-electron chi connectivity index (χ4n) is 3.51. The molecule has 0 fully saturated rings. The zero-order valence-corrected chi connectivity index (χ0v) is 26.5. The van der Waals surface area contributed by atoms with Gasteiger partial charge >= 0.3 is 5.97 Å². The maximum Gasteiger partial charge on any atom is 0.326 e. The van der Waals surface area contributed by atoms with Gasteiger partial charge in [-0.3, -0.25) is 19.4 Å². The Hall–Kier alpha value is -5.37. The van der Waals surface area contributed by atoms with Crippen molar-refractivity contribution in [3.05, 3.63) is 70.1 Å². The van der Waals surface area contributed by atoms with Crippen LogP contribution < -0.4 is 21.9 Å². The van der Waals surface area contributed by atoms with Gasteiger partial charge in [0, 0.05) is 55.5 Å². The van der Waals surface area contributed by atoms with E-state index in [0.29, 0.717) is 18.5 Å². The Labute approximate surface area is 288 Å². The zero-order valence-electron chi connectivity index (χ0n) is 26.5. The molecule has 0 unspecified atom stereocenters. The summed E-state index contributed by atoms with van der Waals surface area (Å²) in [5, 5.41) is 59.2. The predicted octanol–water partition coefficient (Wildman–Crippen LogP) is -0.595. The number of nitrogens with one attached hydrogen (secondary N) is 3. The van der Waals surface area contributed by atoms with Crippen LogP contribution in [0.1, 0.15) is 34.5 Å². The highest BCUT2D eigenvalue weighted by Crippen LogP contribution is 2.11. The third kappa shape index (κ3) is 16.1. The number of ether oxygens (including phenoxy) is 1. The van der Waals surface area contributed by atoms with Crippen molar-refractivity contribution in [1.29, 1.82) is 0 Å². The number of nitrogens with two attached hydrogens (primary N) is 1. The third-order valence-corrected chi connectivity index (χ3v) is 5.77. The summed E-state index contributed by atoms with van der Waals surface area (Å²) < 4.78 is 4.63. The Morgan fingerprint density at radius 2 is 1.56 bits per heavy atom. The van der Waals surface area contributed by atoms with Crippen LogP contribution in [-0.4, -0.2) is 69.2 Å². The first-order valence-corrected chi connectivity index (χ1v) is 14.1. The quantitative estimate of drug-likeness (QED) is 0.0281. The highest BCUT2D eigenvalue weighted by Gasteiger charge is 2.21. The van der Waals surface area contributed by atoms with E-state index in [-0.39, 0.29) is 48.7 Å². The van der Waals surface area contributed by atoms with E-state index in [9.17, 15) is 24.3 Å². The van der Waals surface area contributed by atoms with Gasteiger partial charge < -0.3 is 31.1 Å². The molecule has 0 saturated carbocycles. The lowest BCUT2D eigenvalue weighted by atomic mass is 10.1. The molecular formula is C25H29N7O20. The van der Waals surface area contributed by atoms with Crippen molar-refractivity contribution in [2.24, 2.45) is 0 Å². The second-order valence-electron chi connectivity index (χ2n) is 9.18. The summed E-state index contributed by atoms with van der Waals surface area (Å²) in [4.78, 5) is 71.8. The van der Waals surface area contributed by atoms with Crippen LogP contribution in [0.15, 0.2) is 47.7 Å². The number of aromatic nitrogens is 4. The van der Waals surface area contributed by atoms with Crippen LogP contribution in [0.3, 0.4) is 0 Å². The van der Waals surface area contributed by atoms with Gasteiger partial charge in [-0.05, 0) is 67.2 Å². The Morgan fingerprint density at radius 3 is 2.21 bits per heavy atom. The number of hydrogen-bond acceptors (Lipinski definition) is 23. The summed E-state index contributed by atoms with van der Waals surface area (Å²) in [7, 11) is 1.43. The van der Waals surface area contributed by atoms with Crippen LogP contribution in [0.2, 0.25) is 0 Å². The molecule has 52 heavy (non-hydrogen) atoms. The van der Waals surface area contributed by atoms with Gasteiger partial charge in [0.05, 0.1) is 18.5 Å². The van der Waals surface area contributed by atoms with E-state index in [1.165, 1.54) is 25.4 Å².